The summed E-state index contributed by atoms with van der Waals surface area (Å²) in [7, 11) is 1.63. The van der Waals surface area contributed by atoms with Crippen LogP contribution in [0.5, 0.6) is 0 Å². The Morgan fingerprint density at radius 1 is 0.911 bits per heavy atom. The van der Waals surface area contributed by atoms with E-state index in [4.69, 9.17) is 14.2 Å². The van der Waals surface area contributed by atoms with Crippen molar-refractivity contribution in [3.05, 3.63) is 0 Å². The lowest BCUT2D eigenvalue weighted by Gasteiger charge is -2.64. The molecular weight excluding hydrogens is 580 g/mol. The van der Waals surface area contributed by atoms with E-state index in [0.717, 1.165) is 38.5 Å². The second kappa shape index (κ2) is 11.1. The van der Waals surface area contributed by atoms with Gasteiger partial charge in [0.2, 0.25) is 0 Å². The van der Waals surface area contributed by atoms with Gasteiger partial charge in [0, 0.05) is 7.11 Å². The Morgan fingerprint density at radius 3 is 2.22 bits per heavy atom. The Labute approximate surface area is 268 Å². The van der Waals surface area contributed by atoms with Crippen LogP contribution in [-0.4, -0.2) is 110 Å². The molecule has 10 nitrogen and oxygen atoms in total. The molecule has 10 heteroatoms. The molecule has 7 unspecified atom stereocenters. The molecule has 0 radical (unpaired) electrons. The third-order valence-electron chi connectivity index (χ3n) is 15.2. The Hall–Kier alpha value is -0.400. The molecule has 5 aliphatic carbocycles. The molecule has 7 N–H and O–H groups in total. The van der Waals surface area contributed by atoms with Crippen molar-refractivity contribution >= 4 is 0 Å². The van der Waals surface area contributed by atoms with E-state index in [1.165, 1.54) is 0 Å². The van der Waals surface area contributed by atoms with Gasteiger partial charge in [-0.25, -0.2) is 0 Å². The first-order valence-electron chi connectivity index (χ1n) is 17.4. The number of ether oxygens (including phenoxy) is 3. The van der Waals surface area contributed by atoms with Crippen molar-refractivity contribution in [3.63, 3.8) is 0 Å². The third-order valence-corrected chi connectivity index (χ3v) is 15.2. The Bertz CT molecular complexity index is 1110. The SMILES string of the molecule is CO[C@@H](CC[C@H]1[C@@H](O)C[C@@]2(C)C3C[C@H](OC4OC(CO)C(O)C(O)C4O)C4C(C)(C)[C@@H](O)CC[C@@]45C[C@@]35CC[C@]12C)C(C)(C)O. The van der Waals surface area contributed by atoms with Crippen molar-refractivity contribution < 1.29 is 50.0 Å². The van der Waals surface area contributed by atoms with E-state index in [1.807, 2.05) is 0 Å². The molecule has 0 bridgehead atoms. The maximum absolute atomic E-state index is 11.8. The lowest BCUT2D eigenvalue weighted by Crippen LogP contribution is -2.64. The number of hydrogen-bond acceptors (Lipinski definition) is 10. The Balaban J connectivity index is 1.34. The summed E-state index contributed by atoms with van der Waals surface area (Å²) in [5, 5.41) is 75.6. The highest BCUT2D eigenvalue weighted by molar-refractivity contribution is 5.32. The van der Waals surface area contributed by atoms with Gasteiger partial charge in [-0.2, -0.15) is 0 Å². The summed E-state index contributed by atoms with van der Waals surface area (Å²) < 4.78 is 18.3. The third kappa shape index (κ3) is 4.71. The zero-order valence-electron chi connectivity index (χ0n) is 28.4. The van der Waals surface area contributed by atoms with Crippen LogP contribution in [0.2, 0.25) is 0 Å². The van der Waals surface area contributed by atoms with Crippen LogP contribution in [0.4, 0.5) is 0 Å². The van der Waals surface area contributed by atoms with E-state index in [2.05, 4.69) is 27.7 Å². The number of methoxy groups -OCH3 is 1. The van der Waals surface area contributed by atoms with Crippen molar-refractivity contribution in [1.29, 1.82) is 0 Å². The fourth-order valence-corrected chi connectivity index (χ4v) is 12.6. The van der Waals surface area contributed by atoms with Crippen LogP contribution in [0.25, 0.3) is 0 Å². The molecule has 0 amide bonds. The normalized spacial score (nSPS) is 54.4. The van der Waals surface area contributed by atoms with Crippen molar-refractivity contribution in [3.8, 4) is 0 Å². The Kier molecular flexibility index (Phi) is 8.47. The molecule has 6 rings (SSSR count). The summed E-state index contributed by atoms with van der Waals surface area (Å²) in [5.74, 6) is 0.275. The number of fused-ring (bicyclic) bond motifs is 2. The van der Waals surface area contributed by atoms with E-state index in [-0.39, 0.29) is 45.5 Å². The molecule has 0 aromatic heterocycles. The molecule has 1 saturated heterocycles. The maximum atomic E-state index is 11.8. The van der Waals surface area contributed by atoms with E-state index in [0.29, 0.717) is 19.3 Å². The minimum absolute atomic E-state index is 0.0123. The first kappa shape index (κ1) is 34.5. The van der Waals surface area contributed by atoms with Crippen LogP contribution in [-0.2, 0) is 14.2 Å². The minimum atomic E-state index is -1.52. The van der Waals surface area contributed by atoms with Crippen LogP contribution in [0.3, 0.4) is 0 Å². The highest BCUT2D eigenvalue weighted by Crippen LogP contribution is 2.89. The number of aliphatic hydroxyl groups is 7. The molecule has 260 valence electrons. The van der Waals surface area contributed by atoms with Gasteiger partial charge in [0.1, 0.15) is 24.4 Å². The van der Waals surface area contributed by atoms with Crippen molar-refractivity contribution in [1.82, 2.24) is 0 Å². The second-order valence-corrected chi connectivity index (χ2v) is 17.7. The van der Waals surface area contributed by atoms with Gasteiger partial charge in [-0.05, 0) is 116 Å². The Morgan fingerprint density at radius 2 is 1.60 bits per heavy atom. The lowest BCUT2D eigenvalue weighted by molar-refractivity contribution is -0.331. The highest BCUT2D eigenvalue weighted by atomic mass is 16.7. The van der Waals surface area contributed by atoms with Crippen molar-refractivity contribution in [2.45, 2.75) is 160 Å². The molecule has 16 atom stereocenters. The predicted octanol–water partition coefficient (Wildman–Crippen LogP) is 2.12. The summed E-state index contributed by atoms with van der Waals surface area (Å²) >= 11 is 0. The van der Waals surface area contributed by atoms with E-state index in [9.17, 15) is 35.7 Å². The molecule has 0 aromatic carbocycles. The van der Waals surface area contributed by atoms with E-state index >= 15 is 0 Å². The average Bonchev–Trinajstić information content (AvgIpc) is 3.56. The molecule has 6 fully saturated rings. The van der Waals surface area contributed by atoms with Crippen LogP contribution >= 0.6 is 0 Å². The van der Waals surface area contributed by atoms with Crippen LogP contribution < -0.4 is 0 Å². The largest absolute Gasteiger partial charge is 0.394 e. The van der Waals surface area contributed by atoms with Crippen LogP contribution in [0.15, 0.2) is 0 Å². The monoisotopic (exact) mass is 640 g/mol. The first-order chi connectivity index (χ1) is 20.8. The molecule has 6 aliphatic rings. The zero-order chi connectivity index (χ0) is 33.1. The fraction of sp³-hybridized carbons (Fsp3) is 1.00. The molecule has 1 aliphatic heterocycles. The molecule has 0 aromatic rings. The van der Waals surface area contributed by atoms with Gasteiger partial charge < -0.3 is 50.0 Å². The quantitative estimate of drug-likeness (QED) is 0.195. The summed E-state index contributed by atoms with van der Waals surface area (Å²) in [6.45, 7) is 12.0. The van der Waals surface area contributed by atoms with Gasteiger partial charge in [-0.15, -0.1) is 0 Å². The summed E-state index contributed by atoms with van der Waals surface area (Å²) in [4.78, 5) is 0. The lowest BCUT2D eigenvalue weighted by atomic mass is 9.41. The number of hydrogen-bond donors (Lipinski definition) is 7. The van der Waals surface area contributed by atoms with Gasteiger partial charge in [-0.1, -0.05) is 27.7 Å². The summed E-state index contributed by atoms with van der Waals surface area (Å²) in [5.41, 5.74) is -1.75. The van der Waals surface area contributed by atoms with Crippen LogP contribution in [0.1, 0.15) is 99.3 Å². The fourth-order valence-electron chi connectivity index (χ4n) is 12.6. The topological polar surface area (TPSA) is 169 Å². The zero-order valence-corrected chi connectivity index (χ0v) is 28.4. The predicted molar refractivity (Wildman–Crippen MR) is 165 cm³/mol. The minimum Gasteiger partial charge on any atom is -0.394 e. The summed E-state index contributed by atoms with van der Waals surface area (Å²) in [6.07, 6.45) is -0.974. The van der Waals surface area contributed by atoms with E-state index < -0.39 is 66.6 Å². The van der Waals surface area contributed by atoms with Gasteiger partial charge in [0.25, 0.3) is 0 Å². The van der Waals surface area contributed by atoms with Gasteiger partial charge in [0.05, 0.1) is 36.6 Å². The van der Waals surface area contributed by atoms with Crippen molar-refractivity contribution in [2.75, 3.05) is 13.7 Å². The van der Waals surface area contributed by atoms with Gasteiger partial charge >= 0.3 is 0 Å². The molecule has 45 heavy (non-hydrogen) atoms. The second-order valence-electron chi connectivity index (χ2n) is 17.7. The molecule has 2 spiro atoms. The standard InChI is InChI=1S/C35H60O10/c1-30(2)23(38)10-11-35-17-34(35)13-12-32(5)18(8-9-24(43-7)31(3,4)42)19(37)15-33(32,6)22(34)14-20(28(30)35)44-29-27(41)26(40)25(39)21(16-36)45-29/h18-29,36-42H,8-17H2,1-7H3/t18-,19-,20-,21?,22?,23-,24-,25?,26?,27?,28?,29?,32+,33-,34-,35+/m0/s1. The highest BCUT2D eigenvalue weighted by Gasteiger charge is 2.84. The summed E-state index contributed by atoms with van der Waals surface area (Å²) in [6, 6.07) is 0. The molecule has 1 heterocycles. The molecule has 5 saturated carbocycles. The number of rotatable bonds is 8. The smallest absolute Gasteiger partial charge is 0.186 e. The number of aliphatic hydroxyl groups excluding tert-OH is 6. The first-order valence-corrected chi connectivity index (χ1v) is 17.4. The maximum Gasteiger partial charge on any atom is 0.186 e. The molecular formula is C35H60O10. The van der Waals surface area contributed by atoms with Gasteiger partial charge in [0.15, 0.2) is 6.29 Å². The average molecular weight is 641 g/mol. The van der Waals surface area contributed by atoms with Crippen LogP contribution in [0, 0.1) is 44.8 Å². The van der Waals surface area contributed by atoms with Crippen molar-refractivity contribution in [2.24, 2.45) is 44.8 Å². The van der Waals surface area contributed by atoms with Gasteiger partial charge in [-0.3, -0.25) is 0 Å². The van der Waals surface area contributed by atoms with E-state index in [1.54, 1.807) is 21.0 Å².